The molecule has 1 amide bonds. The molecule has 0 spiro atoms. The first kappa shape index (κ1) is 14.9. The molecule has 3 aromatic rings. The van der Waals surface area contributed by atoms with E-state index >= 15 is 0 Å². The Balaban J connectivity index is 1.36. The molecule has 0 radical (unpaired) electrons. The molecule has 24 heavy (non-hydrogen) atoms. The van der Waals surface area contributed by atoms with E-state index in [2.05, 4.69) is 15.3 Å². The Morgan fingerprint density at radius 1 is 1.29 bits per heavy atom. The molecule has 2 heterocycles. The summed E-state index contributed by atoms with van der Waals surface area (Å²) in [7, 11) is 0. The maximum Gasteiger partial charge on any atom is 0.287 e. The number of rotatable bonds is 5. The van der Waals surface area contributed by atoms with Crippen molar-refractivity contribution in [2.75, 3.05) is 6.54 Å². The SMILES string of the molecule is Cc1cccc2oc(C(=O)NCCc3cnc(C4CC4)nc3)cc12. The Morgan fingerprint density at radius 2 is 2.08 bits per heavy atom. The maximum absolute atomic E-state index is 12.2. The minimum atomic E-state index is -0.193. The van der Waals surface area contributed by atoms with Gasteiger partial charge in [0.25, 0.3) is 5.91 Å². The molecule has 0 aliphatic heterocycles. The molecule has 1 aromatic carbocycles. The largest absolute Gasteiger partial charge is 0.451 e. The van der Waals surface area contributed by atoms with Crippen molar-refractivity contribution in [2.24, 2.45) is 0 Å². The fourth-order valence-corrected chi connectivity index (χ4v) is 2.77. The standard InChI is InChI=1S/C19H19N3O2/c1-12-3-2-4-16-15(12)9-17(24-16)19(23)20-8-7-13-10-21-18(22-11-13)14-5-6-14/h2-4,9-11,14H,5-8H2,1H3,(H,20,23). The summed E-state index contributed by atoms with van der Waals surface area (Å²) in [5.41, 5.74) is 2.87. The van der Waals surface area contributed by atoms with Gasteiger partial charge in [-0.3, -0.25) is 4.79 Å². The number of nitrogens with zero attached hydrogens (tertiary/aromatic N) is 2. The third-order valence-electron chi connectivity index (χ3n) is 4.37. The van der Waals surface area contributed by atoms with Gasteiger partial charge in [-0.15, -0.1) is 0 Å². The minimum absolute atomic E-state index is 0.193. The highest BCUT2D eigenvalue weighted by Crippen LogP contribution is 2.37. The molecule has 1 saturated carbocycles. The monoisotopic (exact) mass is 321 g/mol. The molecule has 1 aliphatic rings. The van der Waals surface area contributed by atoms with E-state index in [1.807, 2.05) is 37.5 Å². The topological polar surface area (TPSA) is 68.0 Å². The number of aryl methyl sites for hydroxylation is 1. The van der Waals surface area contributed by atoms with E-state index in [1.165, 1.54) is 12.8 Å². The van der Waals surface area contributed by atoms with E-state index in [0.717, 1.165) is 27.9 Å². The van der Waals surface area contributed by atoms with Gasteiger partial charge >= 0.3 is 0 Å². The van der Waals surface area contributed by atoms with Crippen LogP contribution in [0.1, 0.15) is 46.3 Å². The van der Waals surface area contributed by atoms with Gasteiger partial charge in [0.2, 0.25) is 0 Å². The van der Waals surface area contributed by atoms with Crippen molar-refractivity contribution in [2.45, 2.75) is 32.1 Å². The Morgan fingerprint density at radius 3 is 2.79 bits per heavy atom. The second kappa shape index (κ2) is 6.07. The van der Waals surface area contributed by atoms with Crippen LogP contribution in [0.4, 0.5) is 0 Å². The predicted molar refractivity (Wildman–Crippen MR) is 91.0 cm³/mol. The highest BCUT2D eigenvalue weighted by molar-refractivity contribution is 5.96. The average Bonchev–Trinajstić information content (AvgIpc) is 3.34. The molecule has 5 heteroatoms. The number of hydrogen-bond donors (Lipinski definition) is 1. The van der Waals surface area contributed by atoms with E-state index in [-0.39, 0.29) is 5.91 Å². The lowest BCUT2D eigenvalue weighted by Gasteiger charge is -2.04. The summed E-state index contributed by atoms with van der Waals surface area (Å²) >= 11 is 0. The number of aromatic nitrogens is 2. The van der Waals surface area contributed by atoms with Crippen molar-refractivity contribution >= 4 is 16.9 Å². The average molecular weight is 321 g/mol. The molecule has 2 aromatic heterocycles. The molecule has 0 unspecified atom stereocenters. The molecule has 0 saturated heterocycles. The van der Waals surface area contributed by atoms with E-state index in [9.17, 15) is 4.79 Å². The van der Waals surface area contributed by atoms with Crippen LogP contribution in [0.5, 0.6) is 0 Å². The van der Waals surface area contributed by atoms with Crippen molar-refractivity contribution in [1.29, 1.82) is 0 Å². The molecule has 4 rings (SSSR count). The van der Waals surface area contributed by atoms with Crippen LogP contribution in [-0.4, -0.2) is 22.4 Å². The van der Waals surface area contributed by atoms with Gasteiger partial charge in [0, 0.05) is 30.2 Å². The molecule has 1 N–H and O–H groups in total. The first-order chi connectivity index (χ1) is 11.7. The highest BCUT2D eigenvalue weighted by atomic mass is 16.3. The van der Waals surface area contributed by atoms with Crippen molar-refractivity contribution < 1.29 is 9.21 Å². The zero-order valence-corrected chi connectivity index (χ0v) is 13.6. The van der Waals surface area contributed by atoms with Gasteiger partial charge in [0.05, 0.1) is 0 Å². The molecule has 0 atom stereocenters. The van der Waals surface area contributed by atoms with Gasteiger partial charge < -0.3 is 9.73 Å². The van der Waals surface area contributed by atoms with Gasteiger partial charge in [-0.05, 0) is 49.4 Å². The van der Waals surface area contributed by atoms with Crippen molar-refractivity contribution in [3.63, 3.8) is 0 Å². The van der Waals surface area contributed by atoms with E-state index in [0.29, 0.717) is 24.6 Å². The molecular weight excluding hydrogens is 302 g/mol. The van der Waals surface area contributed by atoms with Gasteiger partial charge in [-0.1, -0.05) is 12.1 Å². The van der Waals surface area contributed by atoms with Crippen LogP contribution < -0.4 is 5.32 Å². The molecular formula is C19H19N3O2. The third-order valence-corrected chi connectivity index (χ3v) is 4.37. The summed E-state index contributed by atoms with van der Waals surface area (Å²) in [6.45, 7) is 2.53. The maximum atomic E-state index is 12.2. The number of hydrogen-bond acceptors (Lipinski definition) is 4. The zero-order valence-electron chi connectivity index (χ0n) is 13.6. The molecule has 0 bridgehead atoms. The lowest BCUT2D eigenvalue weighted by molar-refractivity contribution is 0.0928. The number of amides is 1. The number of carbonyl (C=O) groups excluding carboxylic acids is 1. The highest BCUT2D eigenvalue weighted by Gasteiger charge is 2.26. The quantitative estimate of drug-likeness (QED) is 0.782. The van der Waals surface area contributed by atoms with Gasteiger partial charge in [0.15, 0.2) is 5.76 Å². The van der Waals surface area contributed by atoms with Gasteiger partial charge in [-0.25, -0.2) is 9.97 Å². The summed E-state index contributed by atoms with van der Waals surface area (Å²) in [6.07, 6.45) is 6.82. The molecule has 122 valence electrons. The van der Waals surface area contributed by atoms with Crippen LogP contribution in [0.25, 0.3) is 11.0 Å². The van der Waals surface area contributed by atoms with Crippen molar-refractivity contribution in [3.8, 4) is 0 Å². The zero-order chi connectivity index (χ0) is 16.5. The second-order valence-corrected chi connectivity index (χ2v) is 6.33. The second-order valence-electron chi connectivity index (χ2n) is 6.33. The fraction of sp³-hybridized carbons (Fsp3) is 0.316. The first-order valence-electron chi connectivity index (χ1n) is 8.29. The summed E-state index contributed by atoms with van der Waals surface area (Å²) in [5, 5.41) is 3.87. The Labute approximate surface area is 140 Å². The molecule has 5 nitrogen and oxygen atoms in total. The molecule has 1 aliphatic carbocycles. The number of carbonyl (C=O) groups is 1. The Bertz CT molecular complexity index is 879. The van der Waals surface area contributed by atoms with E-state index < -0.39 is 0 Å². The molecule has 1 fully saturated rings. The van der Waals surface area contributed by atoms with Gasteiger partial charge in [0.1, 0.15) is 11.4 Å². The first-order valence-corrected chi connectivity index (χ1v) is 8.29. The van der Waals surface area contributed by atoms with Crippen LogP contribution in [-0.2, 0) is 6.42 Å². The predicted octanol–water partition coefficient (Wildman–Crippen LogP) is 3.38. The summed E-state index contributed by atoms with van der Waals surface area (Å²) in [5.74, 6) is 1.66. The summed E-state index contributed by atoms with van der Waals surface area (Å²) in [6, 6.07) is 7.60. The van der Waals surface area contributed by atoms with Crippen LogP contribution >= 0.6 is 0 Å². The number of furan rings is 1. The summed E-state index contributed by atoms with van der Waals surface area (Å²) < 4.78 is 5.63. The number of nitrogens with one attached hydrogen (secondary N) is 1. The smallest absolute Gasteiger partial charge is 0.287 e. The Hall–Kier alpha value is -2.69. The fourth-order valence-electron chi connectivity index (χ4n) is 2.77. The normalized spacial score (nSPS) is 14.0. The van der Waals surface area contributed by atoms with Crippen LogP contribution in [0, 0.1) is 6.92 Å². The van der Waals surface area contributed by atoms with Crippen molar-refractivity contribution in [1.82, 2.24) is 15.3 Å². The van der Waals surface area contributed by atoms with Crippen LogP contribution in [0.2, 0.25) is 0 Å². The Kier molecular flexibility index (Phi) is 3.76. The van der Waals surface area contributed by atoms with E-state index in [4.69, 9.17) is 4.42 Å². The van der Waals surface area contributed by atoms with Crippen molar-refractivity contribution in [3.05, 3.63) is 59.4 Å². The van der Waals surface area contributed by atoms with Crippen LogP contribution in [0.3, 0.4) is 0 Å². The van der Waals surface area contributed by atoms with Gasteiger partial charge in [-0.2, -0.15) is 0 Å². The summed E-state index contributed by atoms with van der Waals surface area (Å²) in [4.78, 5) is 21.0. The minimum Gasteiger partial charge on any atom is -0.451 e. The number of benzene rings is 1. The lowest BCUT2D eigenvalue weighted by atomic mass is 10.1. The lowest BCUT2D eigenvalue weighted by Crippen LogP contribution is -2.25. The van der Waals surface area contributed by atoms with Crippen LogP contribution in [0.15, 0.2) is 41.1 Å². The number of fused-ring (bicyclic) bond motifs is 1. The third kappa shape index (κ3) is 3.02. The van der Waals surface area contributed by atoms with E-state index in [1.54, 1.807) is 6.07 Å².